The third-order valence-electron chi connectivity index (χ3n) is 3.50. The van der Waals surface area contributed by atoms with Crippen molar-refractivity contribution < 1.29 is 9.90 Å². The predicted octanol–water partition coefficient (Wildman–Crippen LogP) is 1.96. The fourth-order valence-corrected chi connectivity index (χ4v) is 2.36. The summed E-state index contributed by atoms with van der Waals surface area (Å²) < 4.78 is 0.586. The molecule has 1 aromatic carbocycles. The molecular formula is C13H17BrN2O2. The van der Waals surface area contributed by atoms with E-state index in [4.69, 9.17) is 5.73 Å². The van der Waals surface area contributed by atoms with Gasteiger partial charge in [-0.2, -0.15) is 0 Å². The molecule has 1 aliphatic rings. The molecule has 2 atom stereocenters. The molecule has 5 heteroatoms. The lowest BCUT2D eigenvalue weighted by Crippen LogP contribution is -2.49. The van der Waals surface area contributed by atoms with Crippen molar-refractivity contribution in [2.24, 2.45) is 11.7 Å². The number of hydrogen-bond donors (Lipinski definition) is 2. The molecule has 0 spiro atoms. The van der Waals surface area contributed by atoms with Crippen LogP contribution in [-0.4, -0.2) is 35.0 Å². The zero-order valence-corrected chi connectivity index (χ0v) is 11.9. The molecule has 0 radical (unpaired) electrons. The van der Waals surface area contributed by atoms with Crippen molar-refractivity contribution in [1.29, 1.82) is 0 Å². The van der Waals surface area contributed by atoms with E-state index in [-0.39, 0.29) is 17.7 Å². The zero-order valence-electron chi connectivity index (χ0n) is 10.3. The number of benzene rings is 1. The number of piperidine rings is 1. The smallest absolute Gasteiger partial charge is 0.254 e. The van der Waals surface area contributed by atoms with Crippen molar-refractivity contribution in [3.8, 4) is 5.75 Å². The summed E-state index contributed by atoms with van der Waals surface area (Å²) in [6, 6.07) is 4.90. The van der Waals surface area contributed by atoms with Crippen LogP contribution in [0.5, 0.6) is 5.75 Å². The Morgan fingerprint density at radius 1 is 1.56 bits per heavy atom. The average molecular weight is 313 g/mol. The summed E-state index contributed by atoms with van der Waals surface area (Å²) in [5, 5.41) is 9.60. The molecule has 2 unspecified atom stereocenters. The lowest BCUT2D eigenvalue weighted by atomic mass is 9.94. The quantitative estimate of drug-likeness (QED) is 0.833. The van der Waals surface area contributed by atoms with Crippen LogP contribution < -0.4 is 5.73 Å². The van der Waals surface area contributed by atoms with E-state index >= 15 is 0 Å². The Bertz CT molecular complexity index is 464. The van der Waals surface area contributed by atoms with Crippen molar-refractivity contribution in [3.63, 3.8) is 0 Å². The summed E-state index contributed by atoms with van der Waals surface area (Å²) in [5.41, 5.74) is 6.49. The van der Waals surface area contributed by atoms with Gasteiger partial charge in [-0.1, -0.05) is 6.92 Å². The molecule has 98 valence electrons. The Kier molecular flexibility index (Phi) is 3.92. The Balaban J connectivity index is 2.14. The number of carbonyl (C=O) groups is 1. The summed E-state index contributed by atoms with van der Waals surface area (Å²) in [6.07, 6.45) is 0.926. The molecule has 0 aliphatic carbocycles. The predicted molar refractivity (Wildman–Crippen MR) is 73.5 cm³/mol. The molecule has 2 rings (SSSR count). The van der Waals surface area contributed by atoms with E-state index < -0.39 is 0 Å². The van der Waals surface area contributed by atoms with E-state index in [1.165, 1.54) is 6.07 Å². The Morgan fingerprint density at radius 3 is 2.89 bits per heavy atom. The van der Waals surface area contributed by atoms with E-state index in [1.54, 1.807) is 17.0 Å². The van der Waals surface area contributed by atoms with E-state index in [0.717, 1.165) is 13.0 Å². The average Bonchev–Trinajstić information content (AvgIpc) is 2.35. The maximum Gasteiger partial charge on any atom is 0.254 e. The zero-order chi connectivity index (χ0) is 13.3. The van der Waals surface area contributed by atoms with Crippen LogP contribution in [0.1, 0.15) is 23.7 Å². The van der Waals surface area contributed by atoms with E-state index in [0.29, 0.717) is 22.5 Å². The highest BCUT2D eigenvalue weighted by atomic mass is 79.9. The molecule has 1 fully saturated rings. The summed E-state index contributed by atoms with van der Waals surface area (Å²) in [7, 11) is 0. The van der Waals surface area contributed by atoms with Crippen LogP contribution in [0, 0.1) is 5.92 Å². The molecule has 18 heavy (non-hydrogen) atoms. The number of hydrogen-bond acceptors (Lipinski definition) is 3. The standard InChI is InChI=1S/C13H17BrN2O2/c1-8-4-5-16(7-11(8)15)13(18)9-2-3-10(14)12(17)6-9/h2-3,6,8,11,17H,4-5,7,15H2,1H3. The fourth-order valence-electron chi connectivity index (χ4n) is 2.11. The van der Waals surface area contributed by atoms with Gasteiger partial charge in [0.15, 0.2) is 0 Å². The SMILES string of the molecule is CC1CCN(C(=O)c2ccc(Br)c(O)c2)CC1N. The molecule has 0 saturated carbocycles. The van der Waals surface area contributed by atoms with Gasteiger partial charge >= 0.3 is 0 Å². The number of nitrogens with zero attached hydrogens (tertiary/aromatic N) is 1. The van der Waals surface area contributed by atoms with Gasteiger partial charge in [0.1, 0.15) is 5.75 Å². The van der Waals surface area contributed by atoms with Gasteiger partial charge in [-0.3, -0.25) is 4.79 Å². The molecule has 0 bridgehead atoms. The molecule has 3 N–H and O–H groups in total. The minimum absolute atomic E-state index is 0.0340. The first-order valence-corrected chi connectivity index (χ1v) is 6.81. The van der Waals surface area contributed by atoms with Crippen LogP contribution in [0.3, 0.4) is 0 Å². The van der Waals surface area contributed by atoms with Gasteiger partial charge in [0.25, 0.3) is 5.91 Å². The van der Waals surface area contributed by atoms with Gasteiger partial charge in [0, 0.05) is 24.7 Å². The van der Waals surface area contributed by atoms with Crippen LogP contribution in [0.2, 0.25) is 0 Å². The van der Waals surface area contributed by atoms with Gasteiger partial charge in [0.2, 0.25) is 0 Å². The number of likely N-dealkylation sites (tertiary alicyclic amines) is 1. The number of halogens is 1. The molecule has 1 amide bonds. The third kappa shape index (κ3) is 2.67. The molecule has 1 aliphatic heterocycles. The van der Waals surface area contributed by atoms with Gasteiger partial charge in [-0.25, -0.2) is 0 Å². The minimum atomic E-state index is -0.0693. The van der Waals surface area contributed by atoms with Gasteiger partial charge in [-0.15, -0.1) is 0 Å². The molecule has 1 aromatic rings. The summed E-state index contributed by atoms with van der Waals surface area (Å²) >= 11 is 3.20. The number of aromatic hydroxyl groups is 1. The molecular weight excluding hydrogens is 296 g/mol. The van der Waals surface area contributed by atoms with Gasteiger partial charge in [0.05, 0.1) is 4.47 Å². The molecule has 1 heterocycles. The van der Waals surface area contributed by atoms with Crippen LogP contribution in [0.15, 0.2) is 22.7 Å². The summed E-state index contributed by atoms with van der Waals surface area (Å²) in [4.78, 5) is 14.0. The first-order chi connectivity index (χ1) is 8.49. The largest absolute Gasteiger partial charge is 0.507 e. The first kappa shape index (κ1) is 13.4. The summed E-state index contributed by atoms with van der Waals surface area (Å²) in [6.45, 7) is 3.42. The van der Waals surface area contributed by atoms with Gasteiger partial charge < -0.3 is 15.7 Å². The number of phenolic OH excluding ortho intramolecular Hbond substituents is 1. The third-order valence-corrected chi connectivity index (χ3v) is 4.17. The number of nitrogens with two attached hydrogens (primary N) is 1. The van der Waals surface area contributed by atoms with E-state index in [9.17, 15) is 9.90 Å². The van der Waals surface area contributed by atoms with E-state index in [2.05, 4.69) is 22.9 Å². The fraction of sp³-hybridized carbons (Fsp3) is 0.462. The second-order valence-electron chi connectivity index (χ2n) is 4.85. The van der Waals surface area contributed by atoms with Crippen LogP contribution >= 0.6 is 15.9 Å². The highest BCUT2D eigenvalue weighted by molar-refractivity contribution is 9.10. The molecule has 1 saturated heterocycles. The number of rotatable bonds is 1. The van der Waals surface area contributed by atoms with Crippen molar-refractivity contribution >= 4 is 21.8 Å². The maximum absolute atomic E-state index is 12.3. The van der Waals surface area contributed by atoms with Crippen molar-refractivity contribution in [2.45, 2.75) is 19.4 Å². The molecule has 0 aromatic heterocycles. The van der Waals surface area contributed by atoms with Crippen LogP contribution in [0.25, 0.3) is 0 Å². The second-order valence-corrected chi connectivity index (χ2v) is 5.70. The lowest BCUT2D eigenvalue weighted by molar-refractivity contribution is 0.0672. The van der Waals surface area contributed by atoms with Crippen molar-refractivity contribution in [2.75, 3.05) is 13.1 Å². The van der Waals surface area contributed by atoms with E-state index in [1.807, 2.05) is 0 Å². The highest BCUT2D eigenvalue weighted by Crippen LogP contribution is 2.25. The lowest BCUT2D eigenvalue weighted by Gasteiger charge is -2.35. The molecule has 4 nitrogen and oxygen atoms in total. The number of amides is 1. The first-order valence-electron chi connectivity index (χ1n) is 6.02. The minimum Gasteiger partial charge on any atom is -0.507 e. The van der Waals surface area contributed by atoms with Crippen LogP contribution in [0.4, 0.5) is 0 Å². The summed E-state index contributed by atoms with van der Waals surface area (Å²) in [5.74, 6) is 0.461. The van der Waals surface area contributed by atoms with Crippen LogP contribution in [-0.2, 0) is 0 Å². The van der Waals surface area contributed by atoms with Crippen molar-refractivity contribution in [3.05, 3.63) is 28.2 Å². The topological polar surface area (TPSA) is 66.6 Å². The number of carbonyl (C=O) groups excluding carboxylic acids is 1. The normalized spacial score (nSPS) is 24.1. The number of phenols is 1. The Morgan fingerprint density at radius 2 is 2.28 bits per heavy atom. The maximum atomic E-state index is 12.3. The Hall–Kier alpha value is -1.07. The monoisotopic (exact) mass is 312 g/mol. The van der Waals surface area contributed by atoms with Gasteiger partial charge in [-0.05, 0) is 46.5 Å². The highest BCUT2D eigenvalue weighted by Gasteiger charge is 2.27. The Labute approximate surface area is 115 Å². The van der Waals surface area contributed by atoms with Crippen molar-refractivity contribution in [1.82, 2.24) is 4.90 Å². The second kappa shape index (κ2) is 5.28.